The quantitative estimate of drug-likeness (QED) is 0.0450. The Labute approximate surface area is 357 Å². The molecule has 8 atom stereocenters. The summed E-state index contributed by atoms with van der Waals surface area (Å²) in [5, 5.41) is 52.5. The summed E-state index contributed by atoms with van der Waals surface area (Å²) in [4.78, 5) is 130. The number of primary amides is 1. The van der Waals surface area contributed by atoms with Gasteiger partial charge in [-0.25, -0.2) is 4.79 Å². The summed E-state index contributed by atoms with van der Waals surface area (Å²) in [7, 11) is 0. The van der Waals surface area contributed by atoms with Gasteiger partial charge in [-0.3, -0.25) is 43.2 Å². The lowest BCUT2D eigenvalue weighted by Gasteiger charge is -2.29. The predicted molar refractivity (Wildman–Crippen MR) is 217 cm³/mol. The first-order chi connectivity index (χ1) is 29.1. The molecule has 1 heterocycles. The van der Waals surface area contributed by atoms with Gasteiger partial charge in [-0.05, 0) is 48.8 Å². The Morgan fingerprint density at radius 2 is 1.39 bits per heavy atom. The summed E-state index contributed by atoms with van der Waals surface area (Å²) >= 11 is 0. The summed E-state index contributed by atoms with van der Waals surface area (Å²) in [5.41, 5.74) is 11.4. The normalized spacial score (nSPS) is 16.9. The number of likely N-dealkylation sites (tertiary alicyclic amines) is 1. The van der Waals surface area contributed by atoms with E-state index >= 15 is 0 Å². The minimum atomic E-state index is -1.65. The lowest BCUT2D eigenvalue weighted by molar-refractivity contribution is -0.144. The Bertz CT molecular complexity index is 1790. The zero-order valence-electron chi connectivity index (χ0n) is 35.0. The van der Waals surface area contributed by atoms with Crippen LogP contribution in [-0.4, -0.2) is 147 Å². The number of rotatable bonds is 25. The van der Waals surface area contributed by atoms with Crippen LogP contribution in [0.5, 0.6) is 5.75 Å². The van der Waals surface area contributed by atoms with Gasteiger partial charge in [0.2, 0.25) is 47.3 Å². The van der Waals surface area contributed by atoms with E-state index in [-0.39, 0.29) is 25.1 Å². The third kappa shape index (κ3) is 16.2. The molecule has 1 aliphatic heterocycles. The largest absolute Gasteiger partial charge is 0.508 e. The molecule has 0 radical (unpaired) electrons. The van der Waals surface area contributed by atoms with E-state index in [1.165, 1.54) is 43.0 Å². The maximum Gasteiger partial charge on any atom is 0.326 e. The Balaban J connectivity index is 2.33. The summed E-state index contributed by atoms with van der Waals surface area (Å²) in [6.45, 7) is 5.19. The SMILES string of the molecule is CC[C@H](C)[C@H](NC(=O)[C@H](CC(N)=O)NC(=O)[C@@H](NC(=O)[C@H](Cc1ccc(O)cc1)NC(=O)[C@H](CCC(=O)O)NC(=O)CNC(=O)[C@@H]1CCCN1C(=O)[C@@H](N)CO)C(C)C)C(=O)O. The van der Waals surface area contributed by atoms with Crippen molar-refractivity contribution in [1.29, 1.82) is 0 Å². The second-order valence-electron chi connectivity index (χ2n) is 15.4. The van der Waals surface area contributed by atoms with Gasteiger partial charge in [0, 0.05) is 19.4 Å². The first-order valence-electron chi connectivity index (χ1n) is 20.1. The molecule has 8 amide bonds. The molecule has 1 aliphatic rings. The number of aliphatic hydroxyl groups excluding tert-OH is 1. The first-order valence-corrected chi connectivity index (χ1v) is 20.1. The molecule has 0 unspecified atom stereocenters. The number of carbonyl (C=O) groups is 10. The number of amides is 8. The highest BCUT2D eigenvalue weighted by atomic mass is 16.4. The van der Waals surface area contributed by atoms with Crippen LogP contribution in [0.4, 0.5) is 0 Å². The van der Waals surface area contributed by atoms with E-state index in [9.17, 15) is 68.4 Å². The van der Waals surface area contributed by atoms with E-state index in [1.54, 1.807) is 13.8 Å². The fourth-order valence-corrected chi connectivity index (χ4v) is 6.41. The van der Waals surface area contributed by atoms with Gasteiger partial charge in [-0.15, -0.1) is 0 Å². The molecule has 1 saturated heterocycles. The van der Waals surface area contributed by atoms with Crippen LogP contribution in [0.3, 0.4) is 0 Å². The molecule has 1 aromatic carbocycles. The lowest BCUT2D eigenvalue weighted by atomic mass is 9.98. The van der Waals surface area contributed by atoms with Crippen LogP contribution in [0.15, 0.2) is 24.3 Å². The number of hydrogen-bond donors (Lipinski definition) is 12. The standard InChI is InChI=1S/C39H59N9O14/c1-5-20(4)32(39(61)62)47-35(57)26(16-28(41)51)45-37(59)31(19(2)3)46-34(56)25(15-21-8-10-22(50)11-9-21)44-33(55)24(12-13-30(53)54)43-29(52)17-42-36(58)27-7-6-14-48(27)38(60)23(40)18-49/h8-11,19-20,23-27,31-32,49-50H,5-7,12-18,40H2,1-4H3,(H2,41,51)(H,42,58)(H,43,52)(H,44,55)(H,45,59)(H,46,56)(H,47,57)(H,53,54)(H,61,62)/t20-,23-,24-,25-,26-,27-,31-,32-/m0/s1. The second kappa shape index (κ2) is 24.8. The number of carboxylic acids is 2. The molecule has 23 heteroatoms. The number of nitrogens with two attached hydrogens (primary N) is 2. The van der Waals surface area contributed by atoms with Crippen LogP contribution in [0, 0.1) is 11.8 Å². The first kappa shape index (κ1) is 51.8. The maximum atomic E-state index is 14.0. The van der Waals surface area contributed by atoms with Crippen molar-refractivity contribution in [3.05, 3.63) is 29.8 Å². The number of nitrogens with one attached hydrogen (secondary N) is 6. The molecule has 344 valence electrons. The van der Waals surface area contributed by atoms with Crippen molar-refractivity contribution >= 4 is 59.2 Å². The van der Waals surface area contributed by atoms with Gasteiger partial charge in [0.25, 0.3) is 0 Å². The van der Waals surface area contributed by atoms with Crippen molar-refractivity contribution in [3.63, 3.8) is 0 Å². The minimum Gasteiger partial charge on any atom is -0.508 e. The molecule has 2 rings (SSSR count). The second-order valence-corrected chi connectivity index (χ2v) is 15.4. The Kier molecular flexibility index (Phi) is 20.7. The number of aromatic hydroxyl groups is 1. The summed E-state index contributed by atoms with van der Waals surface area (Å²) < 4.78 is 0. The topological polar surface area (TPSA) is 379 Å². The lowest BCUT2D eigenvalue weighted by Crippen LogP contribution is -2.61. The molecule has 0 aliphatic carbocycles. The van der Waals surface area contributed by atoms with Crippen LogP contribution in [-0.2, 0) is 54.4 Å². The molecule has 23 nitrogen and oxygen atoms in total. The highest BCUT2D eigenvalue weighted by molar-refractivity contribution is 5.98. The molecule has 0 saturated carbocycles. The molecule has 1 aromatic rings. The van der Waals surface area contributed by atoms with Crippen LogP contribution in [0.2, 0.25) is 0 Å². The third-order valence-electron chi connectivity index (χ3n) is 10.1. The summed E-state index contributed by atoms with van der Waals surface area (Å²) in [6, 6.07) is -4.31. The molecule has 62 heavy (non-hydrogen) atoms. The highest BCUT2D eigenvalue weighted by Crippen LogP contribution is 2.18. The number of hydrogen-bond acceptors (Lipinski definition) is 13. The Hall–Kier alpha value is -6.36. The number of aliphatic carboxylic acids is 2. The highest BCUT2D eigenvalue weighted by Gasteiger charge is 2.37. The van der Waals surface area contributed by atoms with Crippen LogP contribution < -0.4 is 43.4 Å². The van der Waals surface area contributed by atoms with E-state index in [0.29, 0.717) is 18.4 Å². The Morgan fingerprint density at radius 3 is 1.94 bits per heavy atom. The number of carboxylic acid groups (broad SMARTS) is 2. The minimum absolute atomic E-state index is 0.117. The number of carbonyl (C=O) groups excluding carboxylic acids is 8. The van der Waals surface area contributed by atoms with Gasteiger partial charge in [0.05, 0.1) is 19.6 Å². The van der Waals surface area contributed by atoms with E-state index in [4.69, 9.17) is 11.5 Å². The number of phenolic OH excluding ortho intramolecular Hbond substituents is 1. The smallest absolute Gasteiger partial charge is 0.326 e. The van der Waals surface area contributed by atoms with E-state index < -0.39 is 146 Å². The monoisotopic (exact) mass is 877 g/mol. The van der Waals surface area contributed by atoms with Gasteiger partial charge in [-0.1, -0.05) is 46.2 Å². The number of benzene rings is 1. The van der Waals surface area contributed by atoms with Crippen molar-refractivity contribution in [2.24, 2.45) is 23.3 Å². The van der Waals surface area contributed by atoms with E-state index in [2.05, 4.69) is 31.9 Å². The number of nitrogens with zero attached hydrogens (tertiary/aromatic N) is 1. The van der Waals surface area contributed by atoms with Gasteiger partial charge >= 0.3 is 11.9 Å². The summed E-state index contributed by atoms with van der Waals surface area (Å²) in [5.74, 6) is -11.4. The van der Waals surface area contributed by atoms with E-state index in [0.717, 1.165) is 0 Å². The van der Waals surface area contributed by atoms with Crippen molar-refractivity contribution in [2.75, 3.05) is 19.7 Å². The molecule has 14 N–H and O–H groups in total. The molecular weight excluding hydrogens is 818 g/mol. The third-order valence-corrected chi connectivity index (χ3v) is 10.1. The maximum absolute atomic E-state index is 14.0. The zero-order chi connectivity index (χ0) is 46.8. The van der Waals surface area contributed by atoms with Gasteiger partial charge in [0.15, 0.2) is 0 Å². The van der Waals surface area contributed by atoms with Gasteiger partial charge < -0.3 is 68.7 Å². The van der Waals surface area contributed by atoms with Gasteiger partial charge in [0.1, 0.15) is 48.0 Å². The van der Waals surface area contributed by atoms with Crippen LogP contribution in [0.1, 0.15) is 71.8 Å². The molecule has 0 spiro atoms. The molecule has 0 aromatic heterocycles. The average molecular weight is 878 g/mol. The predicted octanol–water partition coefficient (Wildman–Crippen LogP) is -3.69. The molecular formula is C39H59N9O14. The van der Waals surface area contributed by atoms with Crippen LogP contribution >= 0.6 is 0 Å². The van der Waals surface area contributed by atoms with Crippen molar-refractivity contribution in [3.8, 4) is 5.75 Å². The number of aliphatic hydroxyl groups is 1. The van der Waals surface area contributed by atoms with E-state index in [1.807, 2.05) is 0 Å². The Morgan fingerprint density at radius 1 is 0.806 bits per heavy atom. The molecule has 1 fully saturated rings. The number of phenols is 1. The fourth-order valence-electron chi connectivity index (χ4n) is 6.41. The van der Waals surface area contributed by atoms with Crippen molar-refractivity contribution in [2.45, 2.75) is 115 Å². The zero-order valence-corrected chi connectivity index (χ0v) is 35.0. The summed E-state index contributed by atoms with van der Waals surface area (Å²) in [6.07, 6.45) is -1.02. The van der Waals surface area contributed by atoms with Crippen molar-refractivity contribution in [1.82, 2.24) is 36.8 Å². The average Bonchev–Trinajstić information content (AvgIpc) is 3.71. The van der Waals surface area contributed by atoms with Gasteiger partial charge in [-0.2, -0.15) is 0 Å². The van der Waals surface area contributed by atoms with Crippen LogP contribution in [0.25, 0.3) is 0 Å². The fraction of sp³-hybridized carbons (Fsp3) is 0.590. The van der Waals surface area contributed by atoms with Crippen molar-refractivity contribution < 1.29 is 68.4 Å². The molecule has 0 bridgehead atoms.